The Morgan fingerprint density at radius 3 is 2.76 bits per heavy atom. The second-order valence-electron chi connectivity index (χ2n) is 6.41. The Morgan fingerprint density at radius 1 is 1.40 bits per heavy atom. The summed E-state index contributed by atoms with van der Waals surface area (Å²) in [5, 5.41) is 6.89. The summed E-state index contributed by atoms with van der Waals surface area (Å²) < 4.78 is 24.9. The molecule has 1 N–H and O–H groups in total. The van der Waals surface area contributed by atoms with Crippen molar-refractivity contribution < 1.29 is 13.2 Å². The van der Waals surface area contributed by atoms with Crippen LogP contribution in [0.15, 0.2) is 35.9 Å². The summed E-state index contributed by atoms with van der Waals surface area (Å²) in [7, 11) is -3.36. The van der Waals surface area contributed by atoms with Crippen molar-refractivity contribution in [3.8, 4) is 0 Å². The van der Waals surface area contributed by atoms with E-state index in [1.807, 2.05) is 0 Å². The van der Waals surface area contributed by atoms with Crippen LogP contribution in [-0.4, -0.2) is 40.3 Å². The number of nitrogens with one attached hydrogen (secondary N) is 1. The Hall–Kier alpha value is -2.29. The number of amides is 1. The lowest BCUT2D eigenvalue weighted by Crippen LogP contribution is -2.28. The van der Waals surface area contributed by atoms with Crippen LogP contribution in [0.2, 0.25) is 0 Å². The predicted octanol–water partition coefficient (Wildman–Crippen LogP) is 1.84. The van der Waals surface area contributed by atoms with Gasteiger partial charge in [0, 0.05) is 18.6 Å². The van der Waals surface area contributed by atoms with Crippen molar-refractivity contribution >= 4 is 21.6 Å². The van der Waals surface area contributed by atoms with Gasteiger partial charge in [0.2, 0.25) is 5.91 Å². The molecule has 0 spiro atoms. The van der Waals surface area contributed by atoms with Crippen molar-refractivity contribution in [1.29, 1.82) is 0 Å². The van der Waals surface area contributed by atoms with Crippen molar-refractivity contribution in [3.05, 3.63) is 31.0 Å². The average Bonchev–Trinajstić information content (AvgIpc) is 3.24. The summed E-state index contributed by atoms with van der Waals surface area (Å²) in [6, 6.07) is 1.03. The molecule has 9 heteroatoms. The van der Waals surface area contributed by atoms with Crippen LogP contribution in [0.3, 0.4) is 0 Å². The molecular weight excluding hydrogens is 342 g/mol. The van der Waals surface area contributed by atoms with E-state index in [-0.39, 0.29) is 10.8 Å². The second-order valence-corrected chi connectivity index (χ2v) is 8.43. The zero-order valence-corrected chi connectivity index (χ0v) is 14.8. The molecule has 0 saturated heterocycles. The van der Waals surface area contributed by atoms with Gasteiger partial charge in [0.25, 0.3) is 0 Å². The van der Waals surface area contributed by atoms with E-state index in [0.29, 0.717) is 18.2 Å². The minimum absolute atomic E-state index is 0.110. The van der Waals surface area contributed by atoms with Crippen LogP contribution in [0.5, 0.6) is 0 Å². The molecule has 0 bridgehead atoms. The molecule has 134 valence electrons. The molecule has 25 heavy (non-hydrogen) atoms. The molecule has 1 atom stereocenters. The van der Waals surface area contributed by atoms with E-state index >= 15 is 0 Å². The van der Waals surface area contributed by atoms with Crippen molar-refractivity contribution in [3.63, 3.8) is 0 Å². The molecule has 1 fully saturated rings. The summed E-state index contributed by atoms with van der Waals surface area (Å²) in [6.07, 6.45) is 11.9. The number of nitrogens with zero attached hydrogens (tertiary/aromatic N) is 4. The van der Waals surface area contributed by atoms with Crippen LogP contribution in [0.4, 0.5) is 5.82 Å². The third-order valence-electron chi connectivity index (χ3n) is 4.49. The van der Waals surface area contributed by atoms with Gasteiger partial charge in [-0.3, -0.25) is 9.48 Å². The molecule has 2 heterocycles. The lowest BCUT2D eigenvalue weighted by atomic mass is 9.98. The van der Waals surface area contributed by atoms with E-state index < -0.39 is 15.9 Å². The Labute approximate surface area is 146 Å². The van der Waals surface area contributed by atoms with Crippen molar-refractivity contribution in [2.45, 2.75) is 43.0 Å². The van der Waals surface area contributed by atoms with E-state index in [2.05, 4.69) is 20.4 Å². The van der Waals surface area contributed by atoms with Crippen LogP contribution in [0.1, 0.15) is 38.1 Å². The molecule has 0 aliphatic heterocycles. The van der Waals surface area contributed by atoms with Gasteiger partial charge in [-0.15, -0.1) is 0 Å². The van der Waals surface area contributed by atoms with Gasteiger partial charge in [-0.1, -0.05) is 25.7 Å². The highest BCUT2D eigenvalue weighted by Gasteiger charge is 2.28. The Kier molecular flexibility index (Phi) is 5.12. The molecule has 1 aliphatic rings. The first kappa shape index (κ1) is 17.5. The number of hydrogen-bond donors (Lipinski definition) is 1. The second kappa shape index (κ2) is 7.30. The molecule has 2 aromatic rings. The molecule has 8 nitrogen and oxygen atoms in total. The average molecular weight is 363 g/mol. The van der Waals surface area contributed by atoms with Gasteiger partial charge >= 0.3 is 0 Å². The van der Waals surface area contributed by atoms with Crippen LogP contribution >= 0.6 is 0 Å². The first-order valence-electron chi connectivity index (χ1n) is 8.24. The Morgan fingerprint density at radius 2 is 2.16 bits per heavy atom. The summed E-state index contributed by atoms with van der Waals surface area (Å²) in [6.45, 7) is 0. The van der Waals surface area contributed by atoms with Gasteiger partial charge in [-0.25, -0.2) is 18.4 Å². The lowest BCUT2D eigenvalue weighted by Gasteiger charge is -2.20. The first-order valence-corrected chi connectivity index (χ1v) is 10.1. The molecule has 3 rings (SSSR count). The monoisotopic (exact) mass is 363 g/mol. The lowest BCUT2D eigenvalue weighted by molar-refractivity contribution is -0.120. The minimum atomic E-state index is -3.36. The van der Waals surface area contributed by atoms with E-state index in [9.17, 15) is 13.2 Å². The number of hydrogen-bond acceptors (Lipinski definition) is 6. The summed E-state index contributed by atoms with van der Waals surface area (Å²) in [4.78, 5) is 20.7. The number of rotatable bonds is 6. The fourth-order valence-corrected chi connectivity index (χ4v) is 3.69. The summed E-state index contributed by atoms with van der Waals surface area (Å²) in [5.41, 5.74) is 0. The minimum Gasteiger partial charge on any atom is -0.309 e. The molecule has 1 aliphatic carbocycles. The van der Waals surface area contributed by atoms with Gasteiger partial charge in [-0.2, -0.15) is 5.10 Å². The topological polar surface area (TPSA) is 107 Å². The van der Waals surface area contributed by atoms with E-state index in [0.717, 1.165) is 19.1 Å². The van der Waals surface area contributed by atoms with Gasteiger partial charge in [0.05, 0.1) is 6.20 Å². The number of carbonyl (C=O) groups excluding carboxylic acids is 1. The SMILES string of the molecule is CS(=O)(=O)c1cnn(C(CC2CCCC2)C(=O)Nc2ccncn2)c1. The number of carbonyl (C=O) groups is 1. The Bertz CT molecular complexity index is 828. The molecule has 1 unspecified atom stereocenters. The smallest absolute Gasteiger partial charge is 0.250 e. The normalized spacial score (nSPS) is 16.7. The standard InChI is InChI=1S/C16H21N5O3S/c1-25(23,24)13-9-19-21(10-13)14(8-12-4-2-3-5-12)16(22)20-15-6-7-17-11-18-15/h6-7,9-12,14H,2-5,8H2,1H3,(H,17,18,20,22). The molecule has 1 amide bonds. The van der Waals surface area contributed by atoms with Gasteiger partial charge in [-0.05, 0) is 18.4 Å². The van der Waals surface area contributed by atoms with E-state index in [1.165, 1.54) is 36.2 Å². The maximum absolute atomic E-state index is 12.8. The van der Waals surface area contributed by atoms with Crippen LogP contribution in [-0.2, 0) is 14.6 Å². The molecular formula is C16H21N5O3S. The number of anilines is 1. The fourth-order valence-electron chi connectivity index (χ4n) is 3.15. The molecule has 2 aromatic heterocycles. The number of sulfone groups is 1. The molecule has 0 radical (unpaired) electrons. The van der Waals surface area contributed by atoms with Crippen LogP contribution < -0.4 is 5.32 Å². The zero-order valence-electron chi connectivity index (χ0n) is 14.0. The van der Waals surface area contributed by atoms with E-state index in [1.54, 1.807) is 12.3 Å². The third kappa shape index (κ3) is 4.41. The van der Waals surface area contributed by atoms with Crippen molar-refractivity contribution in [1.82, 2.24) is 19.7 Å². The van der Waals surface area contributed by atoms with Crippen LogP contribution in [0, 0.1) is 5.92 Å². The van der Waals surface area contributed by atoms with Crippen LogP contribution in [0.25, 0.3) is 0 Å². The highest BCUT2D eigenvalue weighted by Crippen LogP contribution is 2.32. The summed E-state index contributed by atoms with van der Waals surface area (Å²) >= 11 is 0. The first-order chi connectivity index (χ1) is 11.9. The number of aromatic nitrogens is 4. The molecule has 0 aromatic carbocycles. The largest absolute Gasteiger partial charge is 0.309 e. The predicted molar refractivity (Wildman–Crippen MR) is 91.6 cm³/mol. The van der Waals surface area contributed by atoms with Crippen molar-refractivity contribution in [2.75, 3.05) is 11.6 Å². The van der Waals surface area contributed by atoms with Crippen molar-refractivity contribution in [2.24, 2.45) is 5.92 Å². The quantitative estimate of drug-likeness (QED) is 0.839. The molecule has 1 saturated carbocycles. The summed E-state index contributed by atoms with van der Waals surface area (Å²) in [5.74, 6) is 0.590. The maximum atomic E-state index is 12.8. The van der Waals surface area contributed by atoms with Gasteiger partial charge in [0.1, 0.15) is 23.1 Å². The highest BCUT2D eigenvalue weighted by molar-refractivity contribution is 7.90. The van der Waals surface area contributed by atoms with Gasteiger partial charge in [0.15, 0.2) is 9.84 Å². The third-order valence-corrected chi connectivity index (χ3v) is 5.56. The van der Waals surface area contributed by atoms with E-state index in [4.69, 9.17) is 0 Å². The zero-order chi connectivity index (χ0) is 17.9. The highest BCUT2D eigenvalue weighted by atomic mass is 32.2. The van der Waals surface area contributed by atoms with Gasteiger partial charge < -0.3 is 5.32 Å². The maximum Gasteiger partial charge on any atom is 0.250 e. The fraction of sp³-hybridized carbons (Fsp3) is 0.500. The Balaban J connectivity index is 1.83.